The molecule has 2 amide bonds. The van der Waals surface area contributed by atoms with Crippen LogP contribution in [0.2, 0.25) is 5.02 Å². The number of carbonyl (C=O) groups excluding carboxylic acids is 3. The number of nitrogens with one attached hydrogen (secondary N) is 2. The van der Waals surface area contributed by atoms with Crippen LogP contribution in [0.1, 0.15) is 41.5 Å². The molecule has 0 aliphatic heterocycles. The van der Waals surface area contributed by atoms with E-state index in [-0.39, 0.29) is 5.91 Å². The summed E-state index contributed by atoms with van der Waals surface area (Å²) in [5.41, 5.74) is 5.30. The number of nitrogens with zero attached hydrogens (tertiary/aromatic N) is 1. The van der Waals surface area contributed by atoms with Crippen molar-refractivity contribution >= 4 is 62.7 Å². The Bertz CT molecular complexity index is 1750. The maximum atomic E-state index is 12.8. The minimum Gasteiger partial charge on any atom is -0.422 e. The fourth-order valence-electron chi connectivity index (χ4n) is 3.81. The lowest BCUT2D eigenvalue weighted by Crippen LogP contribution is -2.18. The maximum Gasteiger partial charge on any atom is 0.343 e. The number of esters is 1. The van der Waals surface area contributed by atoms with Gasteiger partial charge >= 0.3 is 5.97 Å². The number of fused-ring (bicyclic) bond motifs is 1. The number of para-hydroxylation sites is 1. The summed E-state index contributed by atoms with van der Waals surface area (Å²) in [6.45, 7) is 1.94. The van der Waals surface area contributed by atoms with Gasteiger partial charge in [0.2, 0.25) is 0 Å². The summed E-state index contributed by atoms with van der Waals surface area (Å²) >= 11 is 7.72. The maximum absolute atomic E-state index is 12.8. The van der Waals surface area contributed by atoms with Gasteiger partial charge in [-0.05, 0) is 61.5 Å². The molecular weight excluding hydrogens is 546 g/mol. The topological polar surface area (TPSA) is 96.9 Å². The third-order valence-corrected chi connectivity index (χ3v) is 7.60. The van der Waals surface area contributed by atoms with Crippen molar-refractivity contribution in [1.29, 1.82) is 0 Å². The van der Waals surface area contributed by atoms with E-state index < -0.39 is 11.9 Å². The second-order valence-corrected chi connectivity index (χ2v) is 10.2. The van der Waals surface area contributed by atoms with Gasteiger partial charge < -0.3 is 10.1 Å². The molecule has 198 valence electrons. The van der Waals surface area contributed by atoms with Crippen molar-refractivity contribution in [3.05, 3.63) is 129 Å². The summed E-state index contributed by atoms with van der Waals surface area (Å²) in [5, 5.41) is 8.07. The van der Waals surface area contributed by atoms with Crippen LogP contribution in [0.15, 0.2) is 102 Å². The zero-order valence-corrected chi connectivity index (χ0v) is 22.8. The third kappa shape index (κ3) is 6.09. The number of carbonyl (C=O) groups is 3. The molecule has 7 nitrogen and oxygen atoms in total. The summed E-state index contributed by atoms with van der Waals surface area (Å²) < 4.78 is 6.46. The molecular formula is C31H22ClN3O4S. The largest absolute Gasteiger partial charge is 0.422 e. The molecule has 0 spiro atoms. The highest BCUT2D eigenvalue weighted by Crippen LogP contribution is 2.35. The Labute approximate surface area is 239 Å². The van der Waals surface area contributed by atoms with Crippen LogP contribution in [0, 0.1) is 6.92 Å². The number of hydrazone groups is 1. The molecule has 0 aliphatic carbocycles. The second-order valence-electron chi connectivity index (χ2n) is 8.77. The average molecular weight is 568 g/mol. The van der Waals surface area contributed by atoms with Gasteiger partial charge in [-0.15, -0.1) is 11.3 Å². The van der Waals surface area contributed by atoms with E-state index in [0.717, 1.165) is 15.6 Å². The summed E-state index contributed by atoms with van der Waals surface area (Å²) in [5.74, 6) is -0.956. The first-order chi connectivity index (χ1) is 19.4. The number of aryl methyl sites for hydroxylation is 1. The molecule has 0 bridgehead atoms. The van der Waals surface area contributed by atoms with Crippen LogP contribution < -0.4 is 15.5 Å². The van der Waals surface area contributed by atoms with Gasteiger partial charge in [-0.3, -0.25) is 9.59 Å². The molecule has 0 saturated heterocycles. The van der Waals surface area contributed by atoms with Crippen LogP contribution in [0.5, 0.6) is 5.75 Å². The normalized spacial score (nSPS) is 10.9. The zero-order valence-electron chi connectivity index (χ0n) is 21.2. The Morgan fingerprint density at radius 3 is 2.25 bits per heavy atom. The Morgan fingerprint density at radius 2 is 1.50 bits per heavy atom. The number of halogens is 1. The van der Waals surface area contributed by atoms with Gasteiger partial charge in [-0.2, -0.15) is 5.10 Å². The third-order valence-electron chi connectivity index (χ3n) is 5.92. The molecule has 0 aliphatic rings. The molecule has 1 heterocycles. The highest BCUT2D eigenvalue weighted by Gasteiger charge is 2.17. The fourth-order valence-corrected chi connectivity index (χ4v) is 5.22. The number of thiophene rings is 1. The molecule has 1 aromatic heterocycles. The molecule has 0 atom stereocenters. The van der Waals surface area contributed by atoms with E-state index in [0.29, 0.717) is 38.0 Å². The molecule has 5 rings (SSSR count). The number of hydrogen-bond donors (Lipinski definition) is 2. The minimum atomic E-state index is -0.494. The van der Waals surface area contributed by atoms with Crippen LogP contribution in [0.3, 0.4) is 0 Å². The first-order valence-corrected chi connectivity index (χ1v) is 13.4. The van der Waals surface area contributed by atoms with E-state index in [1.54, 1.807) is 60.7 Å². The van der Waals surface area contributed by atoms with E-state index in [4.69, 9.17) is 16.3 Å². The summed E-state index contributed by atoms with van der Waals surface area (Å²) in [6, 6.07) is 27.9. The molecule has 40 heavy (non-hydrogen) atoms. The summed E-state index contributed by atoms with van der Waals surface area (Å²) in [6.07, 6.45) is 1.40. The van der Waals surface area contributed by atoms with Gasteiger partial charge in [-0.25, -0.2) is 10.2 Å². The molecule has 0 saturated carbocycles. The number of rotatable bonds is 7. The Balaban J connectivity index is 1.20. The van der Waals surface area contributed by atoms with Gasteiger partial charge in [0.15, 0.2) is 0 Å². The lowest BCUT2D eigenvalue weighted by Gasteiger charge is -2.08. The van der Waals surface area contributed by atoms with Crippen LogP contribution in [0.25, 0.3) is 10.1 Å². The molecule has 0 unspecified atom stereocenters. The van der Waals surface area contributed by atoms with E-state index >= 15 is 0 Å². The van der Waals surface area contributed by atoms with Gasteiger partial charge in [0.25, 0.3) is 11.8 Å². The van der Waals surface area contributed by atoms with Gasteiger partial charge in [0.1, 0.15) is 10.6 Å². The average Bonchev–Trinajstić information content (AvgIpc) is 3.31. The number of anilines is 1. The van der Waals surface area contributed by atoms with Crippen LogP contribution in [-0.4, -0.2) is 24.0 Å². The first kappa shape index (κ1) is 26.8. The Kier molecular flexibility index (Phi) is 8.00. The summed E-state index contributed by atoms with van der Waals surface area (Å²) in [7, 11) is 0. The van der Waals surface area contributed by atoms with Crippen LogP contribution >= 0.6 is 22.9 Å². The molecule has 5 aromatic rings. The number of ether oxygens (including phenoxy) is 1. The number of benzene rings is 4. The predicted molar refractivity (Wildman–Crippen MR) is 159 cm³/mol. The number of amides is 2. The SMILES string of the molecule is Cc1ccc(C(=O)Oc2ccccc2/C=N\NC(=O)c2ccc(NC(=O)c3sc4ccccc4c3Cl)cc2)cc1. The second kappa shape index (κ2) is 11.9. The van der Waals surface area contributed by atoms with E-state index in [1.165, 1.54) is 17.6 Å². The quantitative estimate of drug-likeness (QED) is 0.0948. The Hall–Kier alpha value is -4.79. The molecule has 0 fully saturated rings. The highest BCUT2D eigenvalue weighted by atomic mass is 35.5. The van der Waals surface area contributed by atoms with Gasteiger partial charge in [-0.1, -0.05) is 59.6 Å². The Morgan fingerprint density at radius 1 is 0.825 bits per heavy atom. The van der Waals surface area contributed by atoms with Gasteiger partial charge in [0, 0.05) is 26.9 Å². The monoisotopic (exact) mass is 567 g/mol. The van der Waals surface area contributed by atoms with Crippen LogP contribution in [-0.2, 0) is 0 Å². The van der Waals surface area contributed by atoms with E-state index in [2.05, 4.69) is 15.8 Å². The van der Waals surface area contributed by atoms with E-state index in [9.17, 15) is 14.4 Å². The highest BCUT2D eigenvalue weighted by molar-refractivity contribution is 7.21. The lowest BCUT2D eigenvalue weighted by atomic mass is 10.1. The summed E-state index contributed by atoms with van der Waals surface area (Å²) in [4.78, 5) is 38.3. The smallest absolute Gasteiger partial charge is 0.343 e. The van der Waals surface area contributed by atoms with Crippen molar-refractivity contribution in [3.63, 3.8) is 0 Å². The first-order valence-electron chi connectivity index (χ1n) is 12.2. The van der Waals surface area contributed by atoms with E-state index in [1.807, 2.05) is 43.3 Å². The van der Waals surface area contributed by atoms with Crippen molar-refractivity contribution in [1.82, 2.24) is 5.43 Å². The van der Waals surface area contributed by atoms with Crippen LogP contribution in [0.4, 0.5) is 5.69 Å². The molecule has 2 N–H and O–H groups in total. The fraction of sp³-hybridized carbons (Fsp3) is 0.0323. The van der Waals surface area contributed by atoms with Crippen molar-refractivity contribution in [2.75, 3.05) is 5.32 Å². The zero-order chi connectivity index (χ0) is 28.1. The van der Waals surface area contributed by atoms with Gasteiger partial charge in [0.05, 0.1) is 16.8 Å². The van der Waals surface area contributed by atoms with Crippen molar-refractivity contribution < 1.29 is 19.1 Å². The number of hydrogen-bond acceptors (Lipinski definition) is 6. The molecule has 0 radical (unpaired) electrons. The minimum absolute atomic E-state index is 0.310. The van der Waals surface area contributed by atoms with Crippen molar-refractivity contribution in [3.8, 4) is 5.75 Å². The standard InChI is InChI=1S/C31H22ClN3O4S/c1-19-10-12-21(13-11-19)31(38)39-25-8-4-2-6-22(25)18-33-35-29(36)20-14-16-23(17-15-20)34-30(37)28-27(32)24-7-3-5-9-26(24)40-28/h2-18H,1H3,(H,34,37)(H,35,36)/b33-18-. The predicted octanol–water partition coefficient (Wildman–Crippen LogP) is 7.10. The lowest BCUT2D eigenvalue weighted by molar-refractivity contribution is 0.0734. The molecule has 9 heteroatoms. The molecule has 4 aromatic carbocycles. The van der Waals surface area contributed by atoms with Crippen molar-refractivity contribution in [2.24, 2.45) is 5.10 Å². The van der Waals surface area contributed by atoms with Crippen molar-refractivity contribution in [2.45, 2.75) is 6.92 Å².